The first-order valence-electron chi connectivity index (χ1n) is 27.1. The van der Waals surface area contributed by atoms with Crippen molar-refractivity contribution in [1.29, 1.82) is 0 Å². The van der Waals surface area contributed by atoms with Crippen LogP contribution in [-0.4, -0.2) is 167 Å². The number of carbonyl (C=O) groups is 4. The maximum Gasteiger partial charge on any atom is 0.319 e. The zero-order valence-corrected chi connectivity index (χ0v) is 47.3. The van der Waals surface area contributed by atoms with Crippen molar-refractivity contribution in [3.63, 3.8) is 0 Å². The van der Waals surface area contributed by atoms with Gasteiger partial charge in [0.1, 0.15) is 42.4 Å². The lowest BCUT2D eigenvalue weighted by molar-refractivity contribution is -0.144. The average Bonchev–Trinajstić information content (AvgIpc) is 4.07. The number of piperazine rings is 1. The molecular weight excluding hydrogens is 1070 g/mol. The molecule has 6 aromatic rings. The van der Waals surface area contributed by atoms with E-state index in [2.05, 4.69) is 32.1 Å². The van der Waals surface area contributed by atoms with E-state index in [1.165, 1.54) is 17.0 Å². The number of carbonyl (C=O) groups excluding carboxylic acids is 4. The van der Waals surface area contributed by atoms with Crippen LogP contribution in [0.3, 0.4) is 0 Å². The molecule has 9 rings (SSSR count). The lowest BCUT2D eigenvalue weighted by Crippen LogP contribution is -2.58. The van der Waals surface area contributed by atoms with E-state index in [0.717, 1.165) is 47.6 Å². The summed E-state index contributed by atoms with van der Waals surface area (Å²) in [5, 5.41) is 29.1. The van der Waals surface area contributed by atoms with Gasteiger partial charge in [-0.05, 0) is 83.8 Å². The number of benzene rings is 4. The summed E-state index contributed by atoms with van der Waals surface area (Å²) in [6, 6.07) is 17.7. The zero-order valence-electron chi connectivity index (χ0n) is 45.8. The van der Waals surface area contributed by atoms with Crippen molar-refractivity contribution in [3.8, 4) is 33.3 Å². The molecule has 0 saturated carbocycles. The first-order valence-corrected chi connectivity index (χ1v) is 28.3. The monoisotopic (exact) mass is 1130 g/mol. The summed E-state index contributed by atoms with van der Waals surface area (Å²) in [6.45, 7) is 16.9. The van der Waals surface area contributed by atoms with E-state index in [-0.39, 0.29) is 91.2 Å². The molecule has 4 amide bonds. The number of phenolic OH excluding ortho intramolecular Hbond substituents is 1. The van der Waals surface area contributed by atoms with Gasteiger partial charge in [0.15, 0.2) is 5.82 Å². The molecule has 0 radical (unpaired) electrons. The first-order chi connectivity index (χ1) is 38.4. The summed E-state index contributed by atoms with van der Waals surface area (Å²) < 4.78 is 35.1. The summed E-state index contributed by atoms with van der Waals surface area (Å²) in [7, 11) is 0. The molecule has 3 aliphatic rings. The number of aliphatic hydroxyl groups excluding tert-OH is 1. The number of hydrogen-bond acceptors (Lipinski definition) is 15. The number of likely N-dealkylation sites (tertiary alicyclic amines) is 2. The third kappa shape index (κ3) is 13.3. The van der Waals surface area contributed by atoms with Crippen molar-refractivity contribution < 1.29 is 48.0 Å². The average molecular weight is 1130 g/mol. The van der Waals surface area contributed by atoms with Crippen LogP contribution in [0.15, 0.2) is 84.9 Å². The second-order valence-corrected chi connectivity index (χ2v) is 23.0. The predicted octanol–water partition coefficient (Wildman–Crippen LogP) is 7.46. The Balaban J connectivity index is 0.742. The van der Waals surface area contributed by atoms with Crippen LogP contribution in [0.25, 0.3) is 43.2 Å². The minimum atomic E-state index is -0.999. The molecule has 0 spiro atoms. The van der Waals surface area contributed by atoms with Crippen molar-refractivity contribution in [3.05, 3.63) is 107 Å². The predicted molar refractivity (Wildman–Crippen MR) is 306 cm³/mol. The molecule has 4 atom stereocenters. The van der Waals surface area contributed by atoms with Gasteiger partial charge in [-0.3, -0.25) is 24.1 Å². The molecule has 0 bridgehead atoms. The number of aromatic hydroxyl groups is 1. The third-order valence-electron chi connectivity index (χ3n) is 15.1. The van der Waals surface area contributed by atoms with Crippen molar-refractivity contribution in [2.24, 2.45) is 5.41 Å². The van der Waals surface area contributed by atoms with Crippen LogP contribution in [0.4, 0.5) is 10.2 Å². The molecule has 5 heterocycles. The van der Waals surface area contributed by atoms with Gasteiger partial charge < -0.3 is 49.8 Å². The number of aromatic nitrogens is 3. The van der Waals surface area contributed by atoms with Crippen molar-refractivity contribution in [2.75, 3.05) is 83.7 Å². The van der Waals surface area contributed by atoms with E-state index in [9.17, 15) is 29.4 Å². The molecule has 3 fully saturated rings. The Kier molecular flexibility index (Phi) is 18.3. The Hall–Kier alpha value is -6.81. The van der Waals surface area contributed by atoms with Gasteiger partial charge in [0, 0.05) is 69.7 Å². The number of nitrogens with one attached hydrogen (secondary N) is 2. The van der Waals surface area contributed by atoms with Gasteiger partial charge in [0.2, 0.25) is 23.6 Å². The minimum absolute atomic E-state index is 0.00982. The highest BCUT2D eigenvalue weighted by Crippen LogP contribution is 2.43. The van der Waals surface area contributed by atoms with Crippen molar-refractivity contribution >= 4 is 74.1 Å². The van der Waals surface area contributed by atoms with Gasteiger partial charge >= 0.3 is 6.01 Å². The second kappa shape index (κ2) is 25.3. The van der Waals surface area contributed by atoms with E-state index in [0.29, 0.717) is 60.3 Å². The third-order valence-corrected chi connectivity index (χ3v) is 16.3. The Labute approximate surface area is 473 Å². The fourth-order valence-corrected chi connectivity index (χ4v) is 11.8. The maximum atomic E-state index is 17.1. The maximum absolute atomic E-state index is 17.1. The van der Waals surface area contributed by atoms with Crippen LogP contribution >= 0.6 is 22.9 Å². The minimum Gasteiger partial charge on any atom is -0.508 e. The quantitative estimate of drug-likeness (QED) is 0.0458. The molecule has 3 aliphatic heterocycles. The van der Waals surface area contributed by atoms with E-state index in [1.807, 2.05) is 93.6 Å². The number of phenols is 1. The van der Waals surface area contributed by atoms with E-state index >= 15 is 4.39 Å². The number of amides is 4. The van der Waals surface area contributed by atoms with Crippen molar-refractivity contribution in [1.82, 2.24) is 40.3 Å². The van der Waals surface area contributed by atoms with Gasteiger partial charge in [0.25, 0.3) is 0 Å². The summed E-state index contributed by atoms with van der Waals surface area (Å²) >= 11 is 8.48. The normalized spacial score (nSPS) is 18.1. The molecule has 21 heteroatoms. The number of thiazole rings is 1. The fraction of sp³-hybridized carbons (Fsp3) is 0.441. The summed E-state index contributed by atoms with van der Waals surface area (Å²) in [5.41, 5.74) is 4.47. The standard InChI is InChI=1S/C59H69ClFN9O9S/c1-7-49(74)68-20-22-69(23-21-68)55-45-31-46(60)50(44-29-40(71)28-39-10-8-9-11-43(39)44)51(61)52(45)65-58(66-55)79-25-24-67-18-16-42(17-19-67)78-27-26-77-33-48(73)64-54(59(4,5)6)57(76)70-32-41(72)30-47(70)56(75)63-35(2)37-12-14-38(15-13-37)53-36(3)62-34-80-53/h7-15,28-29,31,34-35,41-42,47,54,71-72H,1,16-27,30,32-33H2,2-6H3,(H,63,75)(H,64,73)/t35-,41+,47-,54+/m0/s1. The lowest BCUT2D eigenvalue weighted by atomic mass is 9.85. The number of β-amino-alcohol motifs (C(OH)–C–C–N with tert-alkyl or cyclic N) is 1. The molecule has 0 unspecified atom stereocenters. The van der Waals surface area contributed by atoms with E-state index in [1.54, 1.807) is 28.4 Å². The molecule has 3 saturated heterocycles. The highest BCUT2D eigenvalue weighted by atomic mass is 35.5. The second-order valence-electron chi connectivity index (χ2n) is 21.7. The van der Waals surface area contributed by atoms with Gasteiger partial charge in [-0.25, -0.2) is 9.37 Å². The number of hydrogen-bond donors (Lipinski definition) is 4. The smallest absolute Gasteiger partial charge is 0.319 e. The molecule has 0 aliphatic carbocycles. The summed E-state index contributed by atoms with van der Waals surface area (Å²) in [4.78, 5) is 75.7. The van der Waals surface area contributed by atoms with Gasteiger partial charge in [-0.1, -0.05) is 87.5 Å². The molecule has 80 heavy (non-hydrogen) atoms. The number of fused-ring (bicyclic) bond motifs is 2. The number of aliphatic hydroxyl groups is 1. The first kappa shape index (κ1) is 57.9. The van der Waals surface area contributed by atoms with Gasteiger partial charge in [0.05, 0.1) is 52.6 Å². The number of rotatable bonds is 19. The molecule has 18 nitrogen and oxygen atoms in total. The van der Waals surface area contributed by atoms with Crippen LogP contribution in [0.1, 0.15) is 64.3 Å². The van der Waals surface area contributed by atoms with E-state index in [4.69, 9.17) is 30.8 Å². The number of anilines is 1. The van der Waals surface area contributed by atoms with Crippen LogP contribution in [0.2, 0.25) is 5.02 Å². The number of ether oxygens (including phenoxy) is 3. The molecule has 424 valence electrons. The Bertz CT molecular complexity index is 3230. The fourth-order valence-electron chi connectivity index (χ4n) is 10.7. The Morgan fingerprint density at radius 1 is 0.950 bits per heavy atom. The number of nitrogens with zero attached hydrogens (tertiary/aromatic N) is 7. The number of aryl methyl sites for hydroxylation is 1. The largest absolute Gasteiger partial charge is 0.508 e. The van der Waals surface area contributed by atoms with Gasteiger partial charge in [-0.15, -0.1) is 11.3 Å². The SMILES string of the molecule is C=CC(=O)N1CCN(c2nc(OCCN3CCC(OCCOCC(=O)N[C@H](C(=O)N4C[C@H](O)C[C@H]4C(=O)N[C@@H](C)c4ccc(-c5scnc5C)cc4)C(C)(C)C)CC3)nc3c(F)c(-c4cc(O)cc5ccccc45)c(Cl)cc23)CC1. The van der Waals surface area contributed by atoms with Crippen LogP contribution < -0.4 is 20.3 Å². The molecular formula is C59H69ClFN9O9S. The van der Waals surface area contributed by atoms with Crippen LogP contribution in [-0.2, 0) is 28.7 Å². The number of piperidine rings is 1. The molecule has 4 aromatic carbocycles. The van der Waals surface area contributed by atoms with Crippen LogP contribution in [0.5, 0.6) is 11.8 Å². The van der Waals surface area contributed by atoms with Crippen molar-refractivity contribution in [2.45, 2.75) is 84.2 Å². The zero-order chi connectivity index (χ0) is 56.8. The lowest BCUT2D eigenvalue weighted by Gasteiger charge is -2.35. The molecule has 4 N–H and O–H groups in total. The Morgan fingerprint density at radius 3 is 2.39 bits per heavy atom. The van der Waals surface area contributed by atoms with E-state index < -0.39 is 41.2 Å². The highest BCUT2D eigenvalue weighted by Gasteiger charge is 2.45. The topological polar surface area (TPSA) is 212 Å². The summed E-state index contributed by atoms with van der Waals surface area (Å²) in [6.07, 6.45) is 1.92. The highest BCUT2D eigenvalue weighted by molar-refractivity contribution is 7.13. The molecule has 2 aromatic heterocycles. The van der Waals surface area contributed by atoms with Crippen LogP contribution in [0, 0.1) is 18.2 Å². The Morgan fingerprint density at radius 2 is 1.69 bits per heavy atom. The number of halogens is 2. The van der Waals surface area contributed by atoms with Gasteiger partial charge in [-0.2, -0.15) is 9.97 Å². The summed E-state index contributed by atoms with van der Waals surface area (Å²) in [5.74, 6) is -1.80.